The molecular formula is C71H84O23. The van der Waals surface area contributed by atoms with Gasteiger partial charge >= 0.3 is 41.8 Å². The Morgan fingerprint density at radius 3 is 1.33 bits per heavy atom. The van der Waals surface area contributed by atoms with Crippen LogP contribution in [0.2, 0.25) is 0 Å². The van der Waals surface area contributed by atoms with Crippen LogP contribution in [0.1, 0.15) is 117 Å². The van der Waals surface area contributed by atoms with Crippen LogP contribution in [0.5, 0.6) is 0 Å². The number of esters is 7. The van der Waals surface area contributed by atoms with Crippen LogP contribution < -0.4 is 0 Å². The molecule has 0 bridgehead atoms. The van der Waals surface area contributed by atoms with Crippen molar-refractivity contribution >= 4 is 41.8 Å². The Bertz CT molecular complexity index is 3140. The first-order valence-corrected chi connectivity index (χ1v) is 31.6. The third-order valence-corrected chi connectivity index (χ3v) is 15.6. The Hall–Kier alpha value is -7.97. The van der Waals surface area contributed by atoms with E-state index in [1.54, 1.807) is 43.3 Å². The van der Waals surface area contributed by atoms with Crippen LogP contribution in [-0.2, 0) is 120 Å². The van der Waals surface area contributed by atoms with Gasteiger partial charge in [0.2, 0.25) is 0 Å². The summed E-state index contributed by atoms with van der Waals surface area (Å²) in [4.78, 5) is 93.3. The molecule has 94 heavy (non-hydrogen) atoms. The zero-order valence-corrected chi connectivity index (χ0v) is 53.7. The van der Waals surface area contributed by atoms with Crippen LogP contribution in [0.3, 0.4) is 0 Å². The summed E-state index contributed by atoms with van der Waals surface area (Å²) in [5, 5.41) is 0. The smallest absolute Gasteiger partial charge is 0.338 e. The monoisotopic (exact) mass is 1300 g/mol. The molecule has 506 valence electrons. The van der Waals surface area contributed by atoms with E-state index in [0.717, 1.165) is 50.7 Å². The van der Waals surface area contributed by atoms with Crippen molar-refractivity contribution in [3.05, 3.63) is 179 Å². The molecular weight excluding hydrogens is 1220 g/mol. The highest BCUT2D eigenvalue weighted by molar-refractivity contribution is 5.90. The molecule has 3 saturated heterocycles. The lowest BCUT2D eigenvalue weighted by Gasteiger charge is -2.51. The zero-order chi connectivity index (χ0) is 66.8. The minimum atomic E-state index is -1.90. The van der Waals surface area contributed by atoms with Crippen molar-refractivity contribution in [3.8, 4) is 0 Å². The first kappa shape index (κ1) is 71.9. The van der Waals surface area contributed by atoms with Gasteiger partial charge in [-0.2, -0.15) is 0 Å². The number of carbonyl (C=O) groups is 7. The van der Waals surface area contributed by atoms with E-state index in [9.17, 15) is 33.6 Å². The van der Waals surface area contributed by atoms with Gasteiger partial charge in [0, 0.05) is 40.7 Å². The maximum Gasteiger partial charge on any atom is 0.338 e. The first-order chi connectivity index (χ1) is 45.5. The van der Waals surface area contributed by atoms with Gasteiger partial charge in [-0.05, 0) is 60.7 Å². The molecule has 15 atom stereocenters. The fourth-order valence-corrected chi connectivity index (χ4v) is 11.1. The summed E-state index contributed by atoms with van der Waals surface area (Å²) < 4.78 is 103. The van der Waals surface area contributed by atoms with E-state index in [1.165, 1.54) is 45.2 Å². The number of ether oxygens (including phenoxy) is 16. The average Bonchev–Trinajstić information content (AvgIpc) is 0.760. The number of methoxy groups -OCH3 is 1. The first-order valence-electron chi connectivity index (χ1n) is 31.6. The summed E-state index contributed by atoms with van der Waals surface area (Å²) in [6, 6.07) is 43.8. The SMILES string of the molecule is COC(=O)CCCCCCCCO[C@@H]1O[C@H](C)[C@@H](O[C@H]2O[C@@H](COCc3ccccc3)[C@H](OCc3ccccc3)[C@@H](OCc3ccccc3)[C@@H]2O[C@H]2O[C@@H](COC(C)=O)[C@H](OC(=O)c3ccccc3)[C@@H](OC(=O)c3ccccc3)[C@@H]2OC(C)=O)[C@@H](OC(C)=O)[C@@H]1OC(C)=O. The number of rotatable bonds is 33. The number of benzene rings is 5. The molecule has 0 saturated carbocycles. The highest BCUT2D eigenvalue weighted by Gasteiger charge is 2.59. The van der Waals surface area contributed by atoms with Gasteiger partial charge in [-0.1, -0.05) is 153 Å². The topological polar surface area (TPSA) is 267 Å². The molecule has 23 nitrogen and oxygen atoms in total. The molecule has 5 aromatic rings. The second kappa shape index (κ2) is 37.2. The van der Waals surface area contributed by atoms with Gasteiger partial charge < -0.3 is 75.8 Å². The van der Waals surface area contributed by atoms with Crippen molar-refractivity contribution in [1.82, 2.24) is 0 Å². The Balaban J connectivity index is 1.23. The van der Waals surface area contributed by atoms with E-state index in [4.69, 9.17) is 75.8 Å². The van der Waals surface area contributed by atoms with Gasteiger partial charge in [-0.15, -0.1) is 0 Å². The number of carbonyl (C=O) groups excluding carboxylic acids is 7. The Kier molecular flexibility index (Phi) is 28.4. The third-order valence-electron chi connectivity index (χ3n) is 15.6. The highest BCUT2D eigenvalue weighted by Crippen LogP contribution is 2.39. The lowest BCUT2D eigenvalue weighted by Crippen LogP contribution is -2.68. The van der Waals surface area contributed by atoms with Crippen molar-refractivity contribution in [2.75, 3.05) is 26.9 Å². The van der Waals surface area contributed by atoms with Crippen molar-refractivity contribution in [1.29, 1.82) is 0 Å². The Morgan fingerprint density at radius 1 is 0.383 bits per heavy atom. The van der Waals surface area contributed by atoms with Crippen LogP contribution in [0.25, 0.3) is 0 Å². The molecule has 0 radical (unpaired) electrons. The standard InChI is InChI=1S/C71H84O23/c1-45-58(62(86-47(3)73)65(87-48(4)74)69(85-45)81-39-27-10-8-7-9-26-38-57(76)79-6)93-70-64(61(84-42-52-32-20-13-21-33-52)59(83-41-51-30-18-12-19-31-51)55(89-70)43-80-40-50-28-16-11-17-29-50)94-71-66(88-49(5)75)63(92-68(78)54-36-24-15-25-37-54)60(56(90-71)44-82-46(2)72)91-67(77)53-34-22-14-23-35-53/h11-25,28-37,45,55-56,58-66,69-71H,7-10,26-27,38-44H2,1-6H3/t45-,55+,56+,58-,59+,60+,61-,62-,63-,64+,65+,66+,69-,70-,71-/m1/s1. The molecule has 3 aliphatic heterocycles. The lowest BCUT2D eigenvalue weighted by atomic mass is 9.95. The van der Waals surface area contributed by atoms with Gasteiger partial charge in [0.05, 0.1) is 50.8 Å². The molecule has 0 spiro atoms. The Labute approximate surface area is 547 Å². The van der Waals surface area contributed by atoms with Crippen LogP contribution >= 0.6 is 0 Å². The van der Waals surface area contributed by atoms with Crippen LogP contribution in [0.4, 0.5) is 0 Å². The maximum atomic E-state index is 14.5. The molecule has 0 N–H and O–H groups in total. The minimum Gasteiger partial charge on any atom is -0.469 e. The molecule has 0 unspecified atom stereocenters. The van der Waals surface area contributed by atoms with E-state index in [-0.39, 0.29) is 50.1 Å². The molecule has 0 amide bonds. The summed E-state index contributed by atoms with van der Waals surface area (Å²) in [6.45, 7) is 5.66. The van der Waals surface area contributed by atoms with Gasteiger partial charge in [-0.25, -0.2) is 9.59 Å². The second-order valence-electron chi connectivity index (χ2n) is 22.8. The van der Waals surface area contributed by atoms with Crippen LogP contribution in [-0.4, -0.2) is 161 Å². The van der Waals surface area contributed by atoms with Crippen molar-refractivity contribution in [2.24, 2.45) is 0 Å². The number of hydrogen-bond acceptors (Lipinski definition) is 23. The van der Waals surface area contributed by atoms with Crippen LogP contribution in [0.15, 0.2) is 152 Å². The molecule has 3 fully saturated rings. The zero-order valence-electron chi connectivity index (χ0n) is 53.7. The predicted molar refractivity (Wildman–Crippen MR) is 332 cm³/mol. The van der Waals surface area contributed by atoms with E-state index in [2.05, 4.69) is 0 Å². The van der Waals surface area contributed by atoms with E-state index in [0.29, 0.717) is 24.8 Å². The van der Waals surface area contributed by atoms with Crippen molar-refractivity contribution in [2.45, 2.75) is 192 Å². The van der Waals surface area contributed by atoms with E-state index < -0.39 is 135 Å². The van der Waals surface area contributed by atoms with Gasteiger partial charge in [-0.3, -0.25) is 24.0 Å². The molecule has 3 aliphatic rings. The van der Waals surface area contributed by atoms with Crippen molar-refractivity contribution < 1.29 is 109 Å². The molecule has 23 heteroatoms. The average molecular weight is 1310 g/mol. The van der Waals surface area contributed by atoms with Crippen LogP contribution in [0, 0.1) is 0 Å². The largest absolute Gasteiger partial charge is 0.469 e. The normalized spacial score (nSPS) is 25.8. The number of hydrogen-bond donors (Lipinski definition) is 0. The molecule has 8 rings (SSSR count). The lowest BCUT2D eigenvalue weighted by molar-refractivity contribution is -0.392. The second-order valence-corrected chi connectivity index (χ2v) is 22.8. The Morgan fingerprint density at radius 2 is 0.809 bits per heavy atom. The van der Waals surface area contributed by atoms with Gasteiger partial charge in [0.1, 0.15) is 43.2 Å². The molecule has 3 heterocycles. The summed E-state index contributed by atoms with van der Waals surface area (Å²) in [5.41, 5.74) is 2.47. The number of unbranched alkanes of at least 4 members (excludes halogenated alkanes) is 5. The fraction of sp³-hybridized carbons (Fsp3) is 0.479. The van der Waals surface area contributed by atoms with Gasteiger partial charge in [0.25, 0.3) is 0 Å². The maximum absolute atomic E-state index is 14.5. The fourth-order valence-electron chi connectivity index (χ4n) is 11.1. The van der Waals surface area contributed by atoms with Crippen molar-refractivity contribution in [3.63, 3.8) is 0 Å². The quantitative estimate of drug-likeness (QED) is 0.0215. The van der Waals surface area contributed by atoms with E-state index >= 15 is 0 Å². The predicted octanol–water partition coefficient (Wildman–Crippen LogP) is 9.07. The summed E-state index contributed by atoms with van der Waals surface area (Å²) in [6.07, 6.45) is -17.4. The van der Waals surface area contributed by atoms with Gasteiger partial charge in [0.15, 0.2) is 49.4 Å². The molecule has 0 aliphatic carbocycles. The summed E-state index contributed by atoms with van der Waals surface area (Å²) >= 11 is 0. The summed E-state index contributed by atoms with van der Waals surface area (Å²) in [7, 11) is 1.36. The minimum absolute atomic E-state index is 0.00947. The van der Waals surface area contributed by atoms with E-state index in [1.807, 2.05) is 91.0 Å². The molecule has 0 aromatic heterocycles. The molecule has 5 aromatic carbocycles. The summed E-state index contributed by atoms with van der Waals surface area (Å²) in [5.74, 6) is -5.32. The highest BCUT2D eigenvalue weighted by atomic mass is 16.8. The third kappa shape index (κ3) is 21.8.